The average Bonchev–Trinajstić information content (AvgIpc) is 2.74. The molecule has 0 saturated heterocycles. The first-order chi connectivity index (χ1) is 15.7. The normalized spacial score (nSPS) is 14.2. The average molecular weight is 542 g/mol. The van der Waals surface area contributed by atoms with Crippen molar-refractivity contribution in [3.05, 3.63) is 12.2 Å². The van der Waals surface area contributed by atoms with Gasteiger partial charge in [0.05, 0.1) is 25.2 Å². The van der Waals surface area contributed by atoms with Crippen LogP contribution in [-0.4, -0.2) is 59.8 Å². The number of carbonyl (C=O) groups excluding carboxylic acids is 1. The van der Waals surface area contributed by atoms with Crippen LogP contribution in [0.3, 0.4) is 0 Å². The summed E-state index contributed by atoms with van der Waals surface area (Å²) < 4.78 is 170. The molecule has 15 heteroatoms. The highest BCUT2D eigenvalue weighted by molar-refractivity contribution is 5.87. The predicted octanol–water partition coefficient (Wildman–Crippen LogP) is 7.03. The van der Waals surface area contributed by atoms with Gasteiger partial charge in [-0.25, -0.2) is 4.79 Å². The zero-order valence-electron chi connectivity index (χ0n) is 18.6. The SMILES string of the molecule is C=C(CO)C(=O)OCCC(F)(F)C(F)(F)C(F)(F)C(F)(F)C(F)(F)C(F)(F)CCCCCCCC. The maximum atomic E-state index is 13.9. The van der Waals surface area contributed by atoms with Gasteiger partial charge < -0.3 is 9.84 Å². The van der Waals surface area contributed by atoms with E-state index in [1.54, 1.807) is 6.92 Å². The van der Waals surface area contributed by atoms with E-state index in [0.29, 0.717) is 12.8 Å². The van der Waals surface area contributed by atoms with Crippen LogP contribution in [0.5, 0.6) is 0 Å². The first kappa shape index (κ1) is 33.3. The minimum absolute atomic E-state index is 0.177. The lowest BCUT2D eigenvalue weighted by Crippen LogP contribution is -2.70. The second-order valence-corrected chi connectivity index (χ2v) is 7.87. The molecule has 208 valence electrons. The third kappa shape index (κ3) is 6.97. The highest BCUT2D eigenvalue weighted by Gasteiger charge is 2.89. The van der Waals surface area contributed by atoms with Gasteiger partial charge in [0.15, 0.2) is 0 Å². The maximum Gasteiger partial charge on any atom is 0.384 e. The van der Waals surface area contributed by atoms with E-state index in [0.717, 1.165) is 6.42 Å². The minimum Gasteiger partial charge on any atom is -0.462 e. The molecule has 0 aliphatic heterocycles. The van der Waals surface area contributed by atoms with Crippen molar-refractivity contribution < 1.29 is 67.3 Å². The molecule has 0 aliphatic rings. The number of halogens is 12. The van der Waals surface area contributed by atoms with Gasteiger partial charge in [-0.05, 0) is 6.42 Å². The van der Waals surface area contributed by atoms with Crippen molar-refractivity contribution in [3.8, 4) is 0 Å². The van der Waals surface area contributed by atoms with E-state index < -0.39 is 79.6 Å². The first-order valence-corrected chi connectivity index (χ1v) is 10.4. The molecule has 0 aromatic rings. The lowest BCUT2D eigenvalue weighted by molar-refractivity contribution is -0.426. The highest BCUT2D eigenvalue weighted by atomic mass is 19.4. The number of rotatable bonds is 17. The van der Waals surface area contributed by atoms with Crippen molar-refractivity contribution in [1.29, 1.82) is 0 Å². The molecule has 0 amide bonds. The van der Waals surface area contributed by atoms with Crippen molar-refractivity contribution in [1.82, 2.24) is 0 Å². The Hall–Kier alpha value is -1.67. The molecule has 35 heavy (non-hydrogen) atoms. The van der Waals surface area contributed by atoms with Gasteiger partial charge in [0, 0.05) is 6.42 Å². The molecule has 1 N–H and O–H groups in total. The van der Waals surface area contributed by atoms with Gasteiger partial charge in [-0.2, -0.15) is 52.7 Å². The zero-order valence-corrected chi connectivity index (χ0v) is 18.6. The Morgan fingerprint density at radius 3 is 1.51 bits per heavy atom. The molecule has 0 saturated carbocycles. The third-order valence-corrected chi connectivity index (χ3v) is 5.07. The molecule has 0 rings (SSSR count). The van der Waals surface area contributed by atoms with Gasteiger partial charge in [-0.1, -0.05) is 45.6 Å². The molecule has 0 radical (unpaired) electrons. The van der Waals surface area contributed by atoms with Gasteiger partial charge in [0.2, 0.25) is 0 Å². The van der Waals surface area contributed by atoms with Crippen molar-refractivity contribution >= 4 is 5.97 Å². The Morgan fingerprint density at radius 2 is 1.09 bits per heavy atom. The Morgan fingerprint density at radius 1 is 0.686 bits per heavy atom. The van der Waals surface area contributed by atoms with Crippen molar-refractivity contribution in [2.75, 3.05) is 13.2 Å². The fourth-order valence-electron chi connectivity index (χ4n) is 2.73. The molecule has 0 atom stereocenters. The molecule has 0 fully saturated rings. The lowest BCUT2D eigenvalue weighted by atomic mass is 9.89. The van der Waals surface area contributed by atoms with E-state index in [1.807, 2.05) is 0 Å². The largest absolute Gasteiger partial charge is 0.462 e. The van der Waals surface area contributed by atoms with E-state index in [2.05, 4.69) is 11.3 Å². The quantitative estimate of drug-likeness (QED) is 0.0930. The lowest BCUT2D eigenvalue weighted by Gasteiger charge is -2.41. The first-order valence-electron chi connectivity index (χ1n) is 10.4. The summed E-state index contributed by atoms with van der Waals surface area (Å²) in [6.07, 6.45) is -3.60. The standard InChI is InChI=1S/C20H26F12O3/c1-3-4-5-6-7-8-9-15(21,22)17(25,26)19(29,30)20(31,32)18(27,28)16(23,24)10-11-35-14(34)13(2)12-33/h33H,2-12H2,1H3. The molecule has 3 nitrogen and oxygen atoms in total. The highest BCUT2D eigenvalue weighted by Crippen LogP contribution is 2.61. The topological polar surface area (TPSA) is 46.5 Å². The van der Waals surface area contributed by atoms with E-state index in [-0.39, 0.29) is 12.8 Å². The van der Waals surface area contributed by atoms with E-state index in [1.165, 1.54) is 0 Å². The molecule has 0 spiro atoms. The number of hydrogen-bond acceptors (Lipinski definition) is 3. The molecule has 0 heterocycles. The van der Waals surface area contributed by atoms with Crippen LogP contribution in [0.15, 0.2) is 12.2 Å². The van der Waals surface area contributed by atoms with Gasteiger partial charge in [-0.3, -0.25) is 0 Å². The van der Waals surface area contributed by atoms with E-state index in [9.17, 15) is 57.5 Å². The van der Waals surface area contributed by atoms with Gasteiger partial charge in [-0.15, -0.1) is 0 Å². The Labute approximate surface area is 193 Å². The second-order valence-electron chi connectivity index (χ2n) is 7.87. The van der Waals surface area contributed by atoms with Crippen LogP contribution in [0.25, 0.3) is 0 Å². The fraction of sp³-hybridized carbons (Fsp3) is 0.850. The summed E-state index contributed by atoms with van der Waals surface area (Å²) in [5.41, 5.74) is -0.774. The molecular weight excluding hydrogens is 516 g/mol. The predicted molar refractivity (Wildman–Crippen MR) is 99.5 cm³/mol. The summed E-state index contributed by atoms with van der Waals surface area (Å²) in [5, 5.41) is 8.55. The Bertz CT molecular complexity index is 707. The molecule has 0 bridgehead atoms. The summed E-state index contributed by atoms with van der Waals surface area (Å²) in [4.78, 5) is 11.1. The summed E-state index contributed by atoms with van der Waals surface area (Å²) in [6, 6.07) is 0. The van der Waals surface area contributed by atoms with Crippen molar-refractivity contribution in [3.63, 3.8) is 0 Å². The fourth-order valence-corrected chi connectivity index (χ4v) is 2.73. The van der Waals surface area contributed by atoms with Crippen LogP contribution in [-0.2, 0) is 9.53 Å². The van der Waals surface area contributed by atoms with Crippen molar-refractivity contribution in [2.45, 2.75) is 93.8 Å². The van der Waals surface area contributed by atoms with Crippen molar-refractivity contribution in [2.24, 2.45) is 0 Å². The smallest absolute Gasteiger partial charge is 0.384 e. The number of carbonyl (C=O) groups is 1. The molecular formula is C20H26F12O3. The number of aliphatic hydroxyl groups excluding tert-OH is 1. The number of hydrogen-bond donors (Lipinski definition) is 1. The van der Waals surface area contributed by atoms with E-state index >= 15 is 0 Å². The van der Waals surface area contributed by atoms with Crippen LogP contribution in [0.4, 0.5) is 52.7 Å². The molecule has 0 aliphatic carbocycles. The number of ether oxygens (including phenoxy) is 1. The van der Waals surface area contributed by atoms with Gasteiger partial charge in [0.25, 0.3) is 0 Å². The Balaban J connectivity index is 5.66. The summed E-state index contributed by atoms with van der Waals surface area (Å²) in [5.74, 6) is -43.5. The van der Waals surface area contributed by atoms with Crippen LogP contribution in [0.1, 0.15) is 58.3 Å². The van der Waals surface area contributed by atoms with Gasteiger partial charge in [0.1, 0.15) is 0 Å². The third-order valence-electron chi connectivity index (χ3n) is 5.07. The van der Waals surface area contributed by atoms with Gasteiger partial charge >= 0.3 is 41.5 Å². The molecule has 0 aromatic heterocycles. The maximum absolute atomic E-state index is 13.9. The van der Waals surface area contributed by atoms with E-state index in [4.69, 9.17) is 5.11 Å². The number of alkyl halides is 12. The number of unbranched alkanes of at least 4 members (excludes halogenated alkanes) is 5. The molecule has 0 aromatic carbocycles. The zero-order chi connectivity index (χ0) is 27.9. The summed E-state index contributed by atoms with van der Waals surface area (Å²) >= 11 is 0. The minimum atomic E-state index is -7.66. The van der Waals surface area contributed by atoms with Crippen LogP contribution in [0.2, 0.25) is 0 Å². The summed E-state index contributed by atoms with van der Waals surface area (Å²) in [6.45, 7) is 1.77. The summed E-state index contributed by atoms with van der Waals surface area (Å²) in [7, 11) is 0. The number of esters is 1. The van der Waals surface area contributed by atoms with Crippen LogP contribution < -0.4 is 0 Å². The monoisotopic (exact) mass is 542 g/mol. The molecule has 0 unspecified atom stereocenters. The second kappa shape index (κ2) is 12.0. The Kier molecular flexibility index (Phi) is 11.5. The van der Waals surface area contributed by atoms with Crippen LogP contribution >= 0.6 is 0 Å². The van der Waals surface area contributed by atoms with Crippen LogP contribution in [0, 0.1) is 0 Å². The number of aliphatic hydroxyl groups is 1.